The Kier molecular flexibility index (Phi) is 7.48. The van der Waals surface area contributed by atoms with E-state index in [-0.39, 0.29) is 6.42 Å². The van der Waals surface area contributed by atoms with E-state index in [1.807, 2.05) is 0 Å². The molecule has 0 saturated carbocycles. The molecule has 0 heterocycles. The molecule has 0 saturated heterocycles. The number of rotatable bonds is 8. The van der Waals surface area contributed by atoms with Crippen LogP contribution < -0.4 is 0 Å². The van der Waals surface area contributed by atoms with Crippen molar-refractivity contribution in [3.63, 3.8) is 0 Å². The van der Waals surface area contributed by atoms with Crippen LogP contribution in [0.25, 0.3) is 0 Å². The number of hydrogen-bond acceptors (Lipinski definition) is 0. The molecule has 0 aromatic heterocycles. The van der Waals surface area contributed by atoms with Gasteiger partial charge in [0.2, 0.25) is 0 Å². The highest BCUT2D eigenvalue weighted by Crippen LogP contribution is 2.45. The van der Waals surface area contributed by atoms with E-state index in [9.17, 15) is 8.78 Å². The fourth-order valence-corrected chi connectivity index (χ4v) is 1.63. The van der Waals surface area contributed by atoms with Gasteiger partial charge >= 0.3 is 5.38 Å². The molecule has 0 aliphatic heterocycles. The predicted molar refractivity (Wildman–Crippen MR) is 63.2 cm³/mol. The molecule has 0 aromatic carbocycles. The van der Waals surface area contributed by atoms with E-state index < -0.39 is 9.72 Å². The average molecular weight is 282 g/mol. The van der Waals surface area contributed by atoms with E-state index in [1.54, 1.807) is 0 Å². The van der Waals surface area contributed by atoms with Crippen LogP contribution in [0.5, 0.6) is 0 Å². The van der Waals surface area contributed by atoms with Gasteiger partial charge in [-0.1, -0.05) is 68.7 Å². The summed E-state index contributed by atoms with van der Waals surface area (Å²) in [7, 11) is 0. The van der Waals surface area contributed by atoms with Crippen LogP contribution in [0.15, 0.2) is 0 Å². The van der Waals surface area contributed by atoms with Gasteiger partial charge in [0, 0.05) is 0 Å². The second-order valence-electron chi connectivity index (χ2n) is 3.72. The highest BCUT2D eigenvalue weighted by atomic mass is 35.5. The van der Waals surface area contributed by atoms with Crippen LogP contribution in [0.3, 0.4) is 0 Å². The summed E-state index contributed by atoms with van der Waals surface area (Å²) in [6, 6.07) is 0. The van der Waals surface area contributed by atoms with Crippen LogP contribution in [0, 0.1) is 0 Å². The van der Waals surface area contributed by atoms with Gasteiger partial charge in [-0.05, 0) is 18.0 Å². The van der Waals surface area contributed by atoms with E-state index in [2.05, 4.69) is 6.92 Å². The number of halogens is 5. The van der Waals surface area contributed by atoms with Crippen LogP contribution >= 0.6 is 34.8 Å². The van der Waals surface area contributed by atoms with Crippen LogP contribution in [0.2, 0.25) is 0 Å². The molecule has 92 valence electrons. The Balaban J connectivity index is 3.58. The molecule has 0 spiro atoms. The largest absolute Gasteiger partial charge is 0.354 e. The molecule has 0 N–H and O–H groups in total. The number of hydrogen-bond donors (Lipinski definition) is 0. The molecule has 0 unspecified atom stereocenters. The Bertz CT molecular complexity index is 167. The summed E-state index contributed by atoms with van der Waals surface area (Å²) < 4.78 is 23.1. The van der Waals surface area contributed by atoms with Gasteiger partial charge in [0.15, 0.2) is 4.33 Å². The van der Waals surface area contributed by atoms with Crippen molar-refractivity contribution in [2.75, 3.05) is 0 Å². The van der Waals surface area contributed by atoms with E-state index in [0.29, 0.717) is 6.42 Å². The first-order valence-electron chi connectivity index (χ1n) is 5.26. The van der Waals surface area contributed by atoms with E-state index in [0.717, 1.165) is 25.7 Å². The zero-order valence-corrected chi connectivity index (χ0v) is 11.1. The van der Waals surface area contributed by atoms with Gasteiger partial charge in [0.05, 0.1) is 0 Å². The number of unbranched alkanes of at least 4 members (excludes halogenated alkanes) is 5. The van der Waals surface area contributed by atoms with E-state index in [1.165, 1.54) is 6.42 Å². The molecule has 0 amide bonds. The minimum absolute atomic E-state index is 0.0265. The Morgan fingerprint density at radius 1 is 0.867 bits per heavy atom. The molecule has 0 aromatic rings. The Hall–Kier alpha value is 0.730. The van der Waals surface area contributed by atoms with Crippen molar-refractivity contribution in [2.45, 2.75) is 61.6 Å². The summed E-state index contributed by atoms with van der Waals surface area (Å²) in [4.78, 5) is 0. The molecule has 15 heavy (non-hydrogen) atoms. The summed E-state index contributed by atoms with van der Waals surface area (Å²) in [5, 5.41) is -3.56. The van der Waals surface area contributed by atoms with E-state index >= 15 is 0 Å². The Morgan fingerprint density at radius 3 is 1.80 bits per heavy atom. The van der Waals surface area contributed by atoms with Gasteiger partial charge in [0.25, 0.3) is 0 Å². The Morgan fingerprint density at radius 2 is 1.33 bits per heavy atom. The van der Waals surface area contributed by atoms with Crippen molar-refractivity contribution in [2.24, 2.45) is 0 Å². The summed E-state index contributed by atoms with van der Waals surface area (Å²) in [6.07, 6.45) is 5.98. The number of alkyl halides is 5. The second kappa shape index (κ2) is 7.13. The maximum atomic E-state index is 12.6. The maximum Gasteiger partial charge on any atom is 0.354 e. The highest BCUT2D eigenvalue weighted by molar-refractivity contribution is 6.52. The first kappa shape index (κ1) is 15.7. The van der Waals surface area contributed by atoms with Gasteiger partial charge in [-0.2, -0.15) is 8.78 Å². The summed E-state index contributed by atoms with van der Waals surface area (Å²) in [5.41, 5.74) is 0. The zero-order valence-electron chi connectivity index (χ0n) is 8.84. The molecule has 0 aliphatic rings. The van der Waals surface area contributed by atoms with E-state index in [4.69, 9.17) is 34.8 Å². The van der Waals surface area contributed by atoms with Crippen LogP contribution in [0.1, 0.15) is 51.9 Å². The summed E-state index contributed by atoms with van der Waals surface area (Å²) in [5.74, 6) is 0. The molecule has 0 nitrogen and oxygen atoms in total. The smallest absolute Gasteiger partial charge is 0.185 e. The molecule has 0 bridgehead atoms. The second-order valence-corrected chi connectivity index (χ2v) is 5.68. The van der Waals surface area contributed by atoms with Crippen molar-refractivity contribution in [1.82, 2.24) is 0 Å². The van der Waals surface area contributed by atoms with Crippen LogP contribution in [0.4, 0.5) is 8.78 Å². The van der Waals surface area contributed by atoms with Crippen molar-refractivity contribution in [3.8, 4) is 0 Å². The van der Waals surface area contributed by atoms with Crippen molar-refractivity contribution < 1.29 is 8.78 Å². The minimum atomic E-state index is -3.56. The predicted octanol–water partition coefficient (Wildman–Crippen LogP) is 5.74. The zero-order chi connectivity index (χ0) is 11.9. The first-order valence-corrected chi connectivity index (χ1v) is 6.39. The van der Waals surface area contributed by atoms with Crippen LogP contribution in [-0.4, -0.2) is 9.72 Å². The van der Waals surface area contributed by atoms with Crippen molar-refractivity contribution in [1.29, 1.82) is 0 Å². The van der Waals surface area contributed by atoms with Crippen molar-refractivity contribution >= 4 is 34.8 Å². The summed E-state index contributed by atoms with van der Waals surface area (Å²) >= 11 is 15.7. The van der Waals surface area contributed by atoms with Gasteiger partial charge in [-0.3, -0.25) is 0 Å². The molecule has 5 heteroatoms. The molecule has 0 radical (unpaired) electrons. The highest BCUT2D eigenvalue weighted by Gasteiger charge is 2.49. The molecule has 0 rings (SSSR count). The third-order valence-electron chi connectivity index (χ3n) is 2.26. The van der Waals surface area contributed by atoms with Gasteiger partial charge in [0.1, 0.15) is 0 Å². The van der Waals surface area contributed by atoms with Crippen molar-refractivity contribution in [3.05, 3.63) is 0 Å². The Labute approximate surface area is 105 Å². The lowest BCUT2D eigenvalue weighted by atomic mass is 10.1. The average Bonchev–Trinajstić information content (AvgIpc) is 2.09. The fraction of sp³-hybridized carbons (Fsp3) is 1.00. The molecular weight excluding hydrogens is 264 g/mol. The fourth-order valence-electron chi connectivity index (χ4n) is 1.27. The molecule has 0 fully saturated rings. The lowest BCUT2D eigenvalue weighted by Gasteiger charge is -2.24. The van der Waals surface area contributed by atoms with Gasteiger partial charge < -0.3 is 0 Å². The van der Waals surface area contributed by atoms with Crippen LogP contribution in [-0.2, 0) is 0 Å². The minimum Gasteiger partial charge on any atom is -0.185 e. The third-order valence-corrected chi connectivity index (χ3v) is 3.63. The topological polar surface area (TPSA) is 0 Å². The quantitative estimate of drug-likeness (QED) is 0.393. The maximum absolute atomic E-state index is 12.6. The van der Waals surface area contributed by atoms with Gasteiger partial charge in [-0.25, -0.2) is 0 Å². The normalized spacial score (nSPS) is 13.2. The molecule has 0 aliphatic carbocycles. The summed E-state index contributed by atoms with van der Waals surface area (Å²) in [6.45, 7) is 2.12. The molecular formula is C10H17Cl3F2. The third kappa shape index (κ3) is 6.80. The lowest BCUT2D eigenvalue weighted by molar-refractivity contribution is 0.0722. The molecule has 0 atom stereocenters. The standard InChI is InChI=1S/C10H17Cl3F2/c1-2-3-4-5-6-7-8-9(11,12)10(13,14)15/h2-8H2,1H3. The lowest BCUT2D eigenvalue weighted by Crippen LogP contribution is -2.32. The van der Waals surface area contributed by atoms with Gasteiger partial charge in [-0.15, -0.1) is 0 Å². The monoisotopic (exact) mass is 280 g/mol. The first-order chi connectivity index (χ1) is 6.81. The SMILES string of the molecule is CCCCCCCCC(Cl)(Cl)C(F)(F)Cl.